The largest absolute Gasteiger partial charge is 0.497 e. The standard InChI is InChI=1S/C23H24N2O5S/c1-4-30-23(28)16-9-6-10-18-19(16)20-21(31-18)24-13(2)25(22(20)27)12-17(26)14-7-5-8-15(11-14)29-3/h5,7-8,11,16H,4,6,9-10,12H2,1-3H3. The lowest BCUT2D eigenvalue weighted by atomic mass is 9.86. The molecule has 0 spiro atoms. The minimum atomic E-state index is -0.461. The van der Waals surface area contributed by atoms with Gasteiger partial charge in [-0.2, -0.15) is 0 Å². The SMILES string of the molecule is CCOC(=O)C1CCCc2sc3nc(C)n(CC(=O)c4cccc(OC)c4)c(=O)c3c21. The lowest BCUT2D eigenvalue weighted by Gasteiger charge is -2.21. The molecule has 0 radical (unpaired) electrons. The third kappa shape index (κ3) is 3.87. The Hall–Kier alpha value is -3.00. The number of rotatable bonds is 6. The Kier molecular flexibility index (Phi) is 5.91. The van der Waals surface area contributed by atoms with Gasteiger partial charge in [0, 0.05) is 10.4 Å². The topological polar surface area (TPSA) is 87.5 Å². The van der Waals surface area contributed by atoms with Gasteiger partial charge >= 0.3 is 5.97 Å². The molecule has 4 rings (SSSR count). The van der Waals surface area contributed by atoms with E-state index in [1.807, 2.05) is 0 Å². The Morgan fingerprint density at radius 3 is 2.87 bits per heavy atom. The van der Waals surface area contributed by atoms with Crippen LogP contribution in [0.4, 0.5) is 0 Å². The number of carbonyl (C=O) groups is 2. The van der Waals surface area contributed by atoms with E-state index in [4.69, 9.17) is 9.47 Å². The fourth-order valence-corrected chi connectivity index (χ4v) is 5.42. The predicted octanol–water partition coefficient (Wildman–Crippen LogP) is 3.64. The summed E-state index contributed by atoms with van der Waals surface area (Å²) in [5.41, 5.74) is 0.916. The summed E-state index contributed by atoms with van der Waals surface area (Å²) in [5, 5.41) is 0.446. The number of methoxy groups -OCH3 is 1. The number of thiophene rings is 1. The fraction of sp³-hybridized carbons (Fsp3) is 0.391. The molecule has 1 aromatic carbocycles. The molecule has 1 aliphatic carbocycles. The molecule has 0 fully saturated rings. The number of carbonyl (C=O) groups excluding carboxylic acids is 2. The highest BCUT2D eigenvalue weighted by atomic mass is 32.1. The first kappa shape index (κ1) is 21.2. The average molecular weight is 441 g/mol. The van der Waals surface area contributed by atoms with E-state index in [1.165, 1.54) is 23.0 Å². The van der Waals surface area contributed by atoms with Crippen LogP contribution in [0.15, 0.2) is 29.1 Å². The Morgan fingerprint density at radius 1 is 1.32 bits per heavy atom. The number of benzene rings is 1. The molecule has 0 saturated carbocycles. The van der Waals surface area contributed by atoms with E-state index in [0.29, 0.717) is 40.4 Å². The van der Waals surface area contributed by atoms with Gasteiger partial charge in [0.05, 0.1) is 31.6 Å². The highest BCUT2D eigenvalue weighted by Gasteiger charge is 2.33. The molecule has 31 heavy (non-hydrogen) atoms. The summed E-state index contributed by atoms with van der Waals surface area (Å²) in [4.78, 5) is 45.2. The Bertz CT molecular complexity index is 1230. The molecule has 3 aromatic rings. The normalized spacial score (nSPS) is 15.5. The van der Waals surface area contributed by atoms with Crippen molar-refractivity contribution in [3.8, 4) is 5.75 Å². The van der Waals surface area contributed by atoms with Crippen molar-refractivity contribution >= 4 is 33.3 Å². The third-order valence-corrected chi connectivity index (χ3v) is 6.79. The first-order valence-electron chi connectivity index (χ1n) is 10.3. The zero-order valence-electron chi connectivity index (χ0n) is 17.8. The number of ether oxygens (including phenoxy) is 2. The van der Waals surface area contributed by atoms with Gasteiger partial charge in [-0.25, -0.2) is 4.98 Å². The van der Waals surface area contributed by atoms with E-state index in [0.717, 1.165) is 23.3 Å². The first-order valence-corrected chi connectivity index (χ1v) is 11.1. The summed E-state index contributed by atoms with van der Waals surface area (Å²) in [6, 6.07) is 6.84. The maximum Gasteiger partial charge on any atom is 0.313 e. The van der Waals surface area contributed by atoms with Gasteiger partial charge in [-0.15, -0.1) is 11.3 Å². The molecule has 1 aliphatic rings. The van der Waals surface area contributed by atoms with Crippen LogP contribution < -0.4 is 10.3 Å². The van der Waals surface area contributed by atoms with Crippen LogP contribution in [0.5, 0.6) is 5.75 Å². The number of ketones is 1. The molecular formula is C23H24N2O5S. The first-order chi connectivity index (χ1) is 14.9. The number of nitrogens with zero attached hydrogens (tertiary/aromatic N) is 2. The Labute approximate surface area is 183 Å². The van der Waals surface area contributed by atoms with Crippen LogP contribution in [0.2, 0.25) is 0 Å². The fourth-order valence-electron chi connectivity index (χ4n) is 4.11. The summed E-state index contributed by atoms with van der Waals surface area (Å²) in [6.45, 7) is 3.66. The van der Waals surface area contributed by atoms with E-state index in [2.05, 4.69) is 4.98 Å². The molecule has 162 valence electrons. The van der Waals surface area contributed by atoms with Crippen LogP contribution in [0.3, 0.4) is 0 Å². The highest BCUT2D eigenvalue weighted by molar-refractivity contribution is 7.18. The van der Waals surface area contributed by atoms with Crippen molar-refractivity contribution in [1.29, 1.82) is 0 Å². The van der Waals surface area contributed by atoms with Crippen molar-refractivity contribution in [2.24, 2.45) is 0 Å². The summed E-state index contributed by atoms with van der Waals surface area (Å²) in [6.07, 6.45) is 2.33. The lowest BCUT2D eigenvalue weighted by molar-refractivity contribution is -0.145. The van der Waals surface area contributed by atoms with Gasteiger partial charge in [-0.05, 0) is 50.8 Å². The van der Waals surface area contributed by atoms with Crippen LogP contribution in [0.1, 0.15) is 52.3 Å². The molecule has 0 saturated heterocycles. The van der Waals surface area contributed by atoms with Crippen LogP contribution >= 0.6 is 11.3 Å². The quantitative estimate of drug-likeness (QED) is 0.430. The van der Waals surface area contributed by atoms with E-state index < -0.39 is 5.92 Å². The van der Waals surface area contributed by atoms with Crippen LogP contribution in [-0.2, 0) is 22.5 Å². The minimum Gasteiger partial charge on any atom is -0.497 e. The van der Waals surface area contributed by atoms with Crippen molar-refractivity contribution in [2.45, 2.75) is 45.6 Å². The Morgan fingerprint density at radius 2 is 2.13 bits per heavy atom. The molecule has 0 bridgehead atoms. The maximum absolute atomic E-state index is 13.5. The van der Waals surface area contributed by atoms with Crippen molar-refractivity contribution in [3.05, 3.63) is 56.4 Å². The van der Waals surface area contributed by atoms with Crippen LogP contribution in [0.25, 0.3) is 10.2 Å². The molecule has 0 aliphatic heterocycles. The summed E-state index contributed by atoms with van der Waals surface area (Å²) in [5.74, 6) is 0.0725. The van der Waals surface area contributed by atoms with Gasteiger partial charge in [0.15, 0.2) is 5.78 Å². The van der Waals surface area contributed by atoms with Crippen LogP contribution in [0, 0.1) is 6.92 Å². The Balaban J connectivity index is 1.79. The van der Waals surface area contributed by atoms with Gasteiger partial charge in [0.25, 0.3) is 5.56 Å². The molecule has 8 heteroatoms. The second kappa shape index (κ2) is 8.63. The van der Waals surface area contributed by atoms with Crippen molar-refractivity contribution in [3.63, 3.8) is 0 Å². The van der Waals surface area contributed by atoms with Crippen molar-refractivity contribution in [1.82, 2.24) is 9.55 Å². The van der Waals surface area contributed by atoms with Gasteiger partial charge in [-0.3, -0.25) is 19.0 Å². The summed E-state index contributed by atoms with van der Waals surface area (Å²) in [7, 11) is 1.54. The number of hydrogen-bond donors (Lipinski definition) is 0. The number of esters is 1. The molecule has 1 unspecified atom stereocenters. The number of Topliss-reactive ketones (excluding diaryl/α,β-unsaturated/α-hetero) is 1. The van der Waals surface area contributed by atoms with Crippen LogP contribution in [-0.4, -0.2) is 35.0 Å². The van der Waals surface area contributed by atoms with Crippen molar-refractivity contribution in [2.75, 3.05) is 13.7 Å². The van der Waals surface area contributed by atoms with E-state index in [9.17, 15) is 14.4 Å². The zero-order chi connectivity index (χ0) is 22.1. The minimum absolute atomic E-state index is 0.129. The highest BCUT2D eigenvalue weighted by Crippen LogP contribution is 2.41. The second-order valence-electron chi connectivity index (χ2n) is 7.52. The molecule has 0 N–H and O–H groups in total. The number of aryl methyl sites for hydroxylation is 2. The lowest BCUT2D eigenvalue weighted by Crippen LogP contribution is -2.29. The number of hydrogen-bond acceptors (Lipinski definition) is 7. The monoisotopic (exact) mass is 440 g/mol. The predicted molar refractivity (Wildman–Crippen MR) is 118 cm³/mol. The van der Waals surface area contributed by atoms with Gasteiger partial charge < -0.3 is 9.47 Å². The van der Waals surface area contributed by atoms with Gasteiger partial charge in [0.2, 0.25) is 0 Å². The zero-order valence-corrected chi connectivity index (χ0v) is 18.6. The van der Waals surface area contributed by atoms with Crippen molar-refractivity contribution < 1.29 is 19.1 Å². The second-order valence-corrected chi connectivity index (χ2v) is 8.60. The maximum atomic E-state index is 13.5. The molecular weight excluding hydrogens is 416 g/mol. The van der Waals surface area contributed by atoms with Gasteiger partial charge in [0.1, 0.15) is 16.4 Å². The smallest absolute Gasteiger partial charge is 0.313 e. The average Bonchev–Trinajstić information content (AvgIpc) is 3.14. The summed E-state index contributed by atoms with van der Waals surface area (Å²) >= 11 is 1.46. The molecule has 7 nitrogen and oxygen atoms in total. The van der Waals surface area contributed by atoms with Gasteiger partial charge in [-0.1, -0.05) is 12.1 Å². The molecule has 2 aromatic heterocycles. The summed E-state index contributed by atoms with van der Waals surface area (Å²) < 4.78 is 11.9. The molecule has 1 atom stereocenters. The number of fused-ring (bicyclic) bond motifs is 3. The molecule has 2 heterocycles. The van der Waals surface area contributed by atoms with E-state index >= 15 is 0 Å². The van der Waals surface area contributed by atoms with E-state index in [-0.39, 0.29) is 23.9 Å². The molecule has 0 amide bonds. The third-order valence-electron chi connectivity index (χ3n) is 5.63. The van der Waals surface area contributed by atoms with E-state index in [1.54, 1.807) is 38.1 Å². The number of aromatic nitrogens is 2.